The number of hydrogen-bond acceptors (Lipinski definition) is 4. The molecule has 7 aromatic rings. The van der Waals surface area contributed by atoms with Crippen LogP contribution in [0.3, 0.4) is 0 Å². The molecule has 0 aliphatic heterocycles. The Morgan fingerprint density at radius 2 is 0.442 bits per heavy atom. The minimum absolute atomic E-state index is 0.0342. The van der Waals surface area contributed by atoms with E-state index in [-0.39, 0.29) is 10.8 Å². The average molecular weight is 1700 g/mol. The van der Waals surface area contributed by atoms with Gasteiger partial charge in [0.15, 0.2) is 0 Å². The van der Waals surface area contributed by atoms with Crippen molar-refractivity contribution in [3.8, 4) is 20.9 Å². The van der Waals surface area contributed by atoms with Gasteiger partial charge in [0.1, 0.15) is 0 Å². The van der Waals surface area contributed by atoms with Crippen molar-refractivity contribution in [1.82, 2.24) is 0 Å². The molecule has 0 atom stereocenters. The quantitative estimate of drug-likeness (QED) is 0.0263. The molecule has 0 radical (unpaired) electrons. The third-order valence-corrected chi connectivity index (χ3v) is 49.0. The van der Waals surface area contributed by atoms with E-state index in [0.717, 1.165) is 0 Å². The maximum absolute atomic E-state index is 3.01. The molecule has 0 fully saturated rings. The Balaban J connectivity index is 1.06. The number of rotatable bonds is 62. The summed E-state index contributed by atoms with van der Waals surface area (Å²) in [4.78, 5) is 19.2. The second-order valence-electron chi connectivity index (χ2n) is 36.6. The molecule has 582 valence electrons. The zero-order chi connectivity index (χ0) is 73.3. The monoisotopic (exact) mass is 1700 g/mol. The van der Waals surface area contributed by atoms with Crippen molar-refractivity contribution in [3.05, 3.63) is 70.8 Å². The summed E-state index contributed by atoms with van der Waals surface area (Å²) in [6, 6.07) is 22.3. The number of benzene rings is 3. The molecule has 0 unspecified atom stereocenters. The summed E-state index contributed by atoms with van der Waals surface area (Å²) in [5.41, 5.74) is 10.5. The zero-order valence-electron chi connectivity index (χ0n) is 69.7. The van der Waals surface area contributed by atoms with E-state index in [2.05, 4.69) is 151 Å². The second-order valence-corrected chi connectivity index (χ2v) is 71.7. The van der Waals surface area contributed by atoms with Gasteiger partial charge in [0, 0.05) is 0 Å². The van der Waals surface area contributed by atoms with E-state index in [1.165, 1.54) is 396 Å². The number of fused-ring (bicyclic) bond motifs is 12. The molecule has 2 aliphatic rings. The van der Waals surface area contributed by atoms with Crippen LogP contribution >= 0.6 is 45.3 Å². The number of unbranched alkanes of at least 4 members (excludes halogenated alkanes) is 52. The van der Waals surface area contributed by atoms with Gasteiger partial charge in [0.05, 0.1) is 0 Å². The number of hydrogen-bond donors (Lipinski definition) is 0. The van der Waals surface area contributed by atoms with Gasteiger partial charge in [-0.15, -0.1) is 0 Å². The predicted molar refractivity (Wildman–Crippen MR) is 486 cm³/mol. The third kappa shape index (κ3) is 25.6. The molecule has 104 heavy (non-hydrogen) atoms. The molecule has 0 bridgehead atoms. The minimum atomic E-state index is -2.32. The van der Waals surface area contributed by atoms with Crippen LogP contribution in [0.25, 0.3) is 61.2 Å². The summed E-state index contributed by atoms with van der Waals surface area (Å²) in [5, 5.41) is 6.33. The van der Waals surface area contributed by atoms with Gasteiger partial charge in [-0.05, 0) is 0 Å². The Morgan fingerprint density at radius 1 is 0.231 bits per heavy atom. The first-order valence-electron chi connectivity index (χ1n) is 46.0. The Hall–Kier alpha value is -0.903. The fourth-order valence-electron chi connectivity index (χ4n) is 19.1. The van der Waals surface area contributed by atoms with Gasteiger partial charge in [-0.25, -0.2) is 0 Å². The van der Waals surface area contributed by atoms with Crippen LogP contribution in [0.15, 0.2) is 48.5 Å². The van der Waals surface area contributed by atoms with E-state index in [1.54, 1.807) is 78.5 Å². The molecule has 6 heteroatoms. The van der Waals surface area contributed by atoms with Gasteiger partial charge >= 0.3 is 389 Å². The molecule has 0 saturated carbocycles. The van der Waals surface area contributed by atoms with E-state index in [9.17, 15) is 0 Å². The van der Waals surface area contributed by atoms with E-state index < -0.39 is 36.8 Å². The van der Waals surface area contributed by atoms with Crippen molar-refractivity contribution in [1.29, 1.82) is 0 Å². The first-order valence-corrected chi connectivity index (χ1v) is 69.2. The van der Waals surface area contributed by atoms with Crippen LogP contribution < -0.4 is 5.79 Å². The van der Waals surface area contributed by atoms with Gasteiger partial charge < -0.3 is 0 Å². The SMILES string of the molecule is CCCCCCCCCCCCCCCCC1(CCCCCCCCCCCCCCCC)c2cc3c(cc2-c2sc4cc5c[c]([Sn]([CH3])([CH3])[CH3])sc5cc4c21)C(CCCCCCCCCCCCCCCC)(CCCCCCCCCCCCCCCC)c1c-3sc2cc3c[c]([Sn]([CH3])([CH3])[CH3])sc3cc12. The van der Waals surface area contributed by atoms with Crippen LogP contribution in [0, 0.1) is 0 Å². The summed E-state index contributed by atoms with van der Waals surface area (Å²) in [6.07, 6.45) is 84.9. The van der Waals surface area contributed by atoms with Crippen molar-refractivity contribution in [3.63, 3.8) is 0 Å². The molecule has 0 N–H and O–H groups in total. The fourth-order valence-corrected chi connectivity index (χ4v) is 34.6. The van der Waals surface area contributed by atoms with Gasteiger partial charge in [0.25, 0.3) is 0 Å². The van der Waals surface area contributed by atoms with E-state index >= 15 is 0 Å². The van der Waals surface area contributed by atoms with Crippen LogP contribution in [0.1, 0.15) is 435 Å². The molecule has 0 nitrogen and oxygen atoms in total. The standard InChI is InChI=1S/C92H140S4.6CH3.2Sn/c1-5-9-13-17-21-25-29-33-37-41-45-49-53-57-63-91(64-58-54-50-46-42-38-34-30-26-22-18-14-10-6-2)81-71-78-82(72-77(81)89-87(91)79-73-83-75(61-67-93-83)69-85(79)95-89)92(65-59-55-51-47-43-39-35-31-27-23-19-15-11-7-3,66-60-56-52-48-44-40-36-32-28-24-20-16-12-8-4)88-80-74-84-76(62-68-94-84)70-86(80)96-90(78)88;;;;;;;;/h61-62,69-74H,5-60,63-66H2,1-4H3;6*1H3;;. The van der Waals surface area contributed by atoms with Gasteiger partial charge in [-0.3, -0.25) is 0 Å². The molecular weight excluding hydrogens is 1540 g/mol. The third-order valence-electron chi connectivity index (χ3n) is 25.6. The van der Waals surface area contributed by atoms with Crippen molar-refractivity contribution >= 4 is 128 Å². The van der Waals surface area contributed by atoms with Crippen LogP contribution in [0.5, 0.6) is 0 Å². The zero-order valence-corrected chi connectivity index (χ0v) is 78.7. The van der Waals surface area contributed by atoms with Crippen LogP contribution in [0.2, 0.25) is 29.6 Å². The summed E-state index contributed by atoms with van der Waals surface area (Å²) in [6.45, 7) is 9.39. The predicted octanol–water partition coefficient (Wildman–Crippen LogP) is 35.7. The molecule has 4 aromatic heterocycles. The average Bonchev–Trinajstić information content (AvgIpc) is 1.51. The summed E-state index contributed by atoms with van der Waals surface area (Å²) < 4.78 is 9.76. The summed E-state index contributed by atoms with van der Waals surface area (Å²) in [5.74, 6) is 0. The van der Waals surface area contributed by atoms with E-state index in [1.807, 2.05) is 0 Å². The van der Waals surface area contributed by atoms with Crippen LogP contribution in [-0.2, 0) is 10.8 Å². The molecule has 0 spiro atoms. The van der Waals surface area contributed by atoms with Crippen molar-refractivity contribution < 1.29 is 0 Å². The topological polar surface area (TPSA) is 0 Å². The van der Waals surface area contributed by atoms with E-state index in [4.69, 9.17) is 0 Å². The Kier molecular flexibility index (Phi) is 39.3. The van der Waals surface area contributed by atoms with Crippen molar-refractivity contribution in [2.75, 3.05) is 0 Å². The van der Waals surface area contributed by atoms with Gasteiger partial charge in [-0.2, -0.15) is 0 Å². The Labute approximate surface area is 666 Å². The first-order chi connectivity index (χ1) is 50.8. The molecule has 4 heterocycles. The summed E-state index contributed by atoms with van der Waals surface area (Å²) >= 11 is 4.21. The first kappa shape index (κ1) is 87.1. The molecule has 2 aliphatic carbocycles. The Morgan fingerprint density at radius 3 is 0.654 bits per heavy atom. The normalized spacial score (nSPS) is 14.0. The second kappa shape index (κ2) is 46.9. The van der Waals surface area contributed by atoms with Gasteiger partial charge in [0.2, 0.25) is 0 Å². The molecule has 9 rings (SSSR count). The molecule has 3 aromatic carbocycles. The number of thiophene rings is 4. The maximum atomic E-state index is 3.01. The van der Waals surface area contributed by atoms with Gasteiger partial charge in [-0.1, -0.05) is 285 Å². The Bertz CT molecular complexity index is 3210. The van der Waals surface area contributed by atoms with Crippen molar-refractivity contribution in [2.24, 2.45) is 0 Å². The fraction of sp³-hybridized carbons (Fsp3) is 0.735. The van der Waals surface area contributed by atoms with Crippen LogP contribution in [-0.4, -0.2) is 36.8 Å². The van der Waals surface area contributed by atoms with Crippen LogP contribution in [0.4, 0.5) is 0 Å². The van der Waals surface area contributed by atoms with Crippen molar-refractivity contribution in [2.45, 2.75) is 453 Å². The molecule has 0 saturated heterocycles. The summed E-state index contributed by atoms with van der Waals surface area (Å²) in [7, 11) is 0. The molecular formula is C98H158S4Sn2. The molecule has 0 amide bonds. The van der Waals surface area contributed by atoms with E-state index in [0.29, 0.717) is 0 Å².